The molecule has 2 aromatic carbocycles. The van der Waals surface area contributed by atoms with Gasteiger partial charge in [0.05, 0.1) is 11.9 Å². The Kier molecular flexibility index (Phi) is 6.92. The summed E-state index contributed by atoms with van der Waals surface area (Å²) >= 11 is 0. The number of fused-ring (bicyclic) bond motifs is 1. The van der Waals surface area contributed by atoms with Gasteiger partial charge in [0, 0.05) is 50.9 Å². The van der Waals surface area contributed by atoms with Crippen LogP contribution in [0.25, 0.3) is 0 Å². The van der Waals surface area contributed by atoms with Gasteiger partial charge in [0.25, 0.3) is 0 Å². The quantitative estimate of drug-likeness (QED) is 0.610. The van der Waals surface area contributed by atoms with Crippen molar-refractivity contribution in [3.05, 3.63) is 48.3 Å². The minimum absolute atomic E-state index is 0.00406. The Balaban J connectivity index is 1.31. The molecule has 8 nitrogen and oxygen atoms in total. The average molecular weight is 478 g/mol. The Morgan fingerprint density at radius 1 is 1.00 bits per heavy atom. The van der Waals surface area contributed by atoms with E-state index in [-0.39, 0.29) is 24.7 Å². The SMILES string of the molecule is CS(=O)(=O)N(CCCC(=O)N1CCN(c2ccc(F)cc2)CC1)c1ccc2c(c1)OCCO2. The maximum absolute atomic E-state index is 13.1. The van der Waals surface area contributed by atoms with Crippen molar-refractivity contribution in [2.45, 2.75) is 12.8 Å². The molecule has 4 rings (SSSR count). The Morgan fingerprint density at radius 2 is 1.67 bits per heavy atom. The second kappa shape index (κ2) is 9.86. The molecule has 0 unspecified atom stereocenters. The number of rotatable bonds is 7. The van der Waals surface area contributed by atoms with E-state index in [0.29, 0.717) is 63.0 Å². The van der Waals surface area contributed by atoms with Crippen LogP contribution in [0.15, 0.2) is 42.5 Å². The van der Waals surface area contributed by atoms with Crippen LogP contribution in [0.1, 0.15) is 12.8 Å². The van der Waals surface area contributed by atoms with Gasteiger partial charge in [0.2, 0.25) is 15.9 Å². The van der Waals surface area contributed by atoms with Gasteiger partial charge in [0.1, 0.15) is 19.0 Å². The number of piperazine rings is 1. The van der Waals surface area contributed by atoms with Gasteiger partial charge < -0.3 is 19.3 Å². The molecular formula is C23H28FN3O5S. The number of halogens is 1. The number of amides is 1. The molecule has 2 aliphatic rings. The third kappa shape index (κ3) is 5.68. The van der Waals surface area contributed by atoms with Gasteiger partial charge in [-0.05, 0) is 42.8 Å². The van der Waals surface area contributed by atoms with Crippen molar-refractivity contribution in [2.24, 2.45) is 0 Å². The summed E-state index contributed by atoms with van der Waals surface area (Å²) in [5.41, 5.74) is 1.42. The first-order valence-electron chi connectivity index (χ1n) is 11.0. The van der Waals surface area contributed by atoms with Crippen LogP contribution in [0.2, 0.25) is 0 Å². The predicted molar refractivity (Wildman–Crippen MR) is 124 cm³/mol. The van der Waals surface area contributed by atoms with Gasteiger partial charge >= 0.3 is 0 Å². The molecular weight excluding hydrogens is 449 g/mol. The van der Waals surface area contributed by atoms with Crippen LogP contribution in [0, 0.1) is 5.82 Å². The summed E-state index contributed by atoms with van der Waals surface area (Å²) in [5, 5.41) is 0. The van der Waals surface area contributed by atoms with Gasteiger partial charge in [-0.1, -0.05) is 0 Å². The molecule has 0 saturated carbocycles. The third-order valence-corrected chi connectivity index (χ3v) is 6.98. The molecule has 0 aromatic heterocycles. The molecule has 0 spiro atoms. The molecule has 0 N–H and O–H groups in total. The van der Waals surface area contributed by atoms with Crippen LogP contribution in [-0.4, -0.2) is 71.4 Å². The minimum Gasteiger partial charge on any atom is -0.486 e. The number of carbonyl (C=O) groups is 1. The number of anilines is 2. The average Bonchev–Trinajstić information content (AvgIpc) is 2.81. The molecule has 0 atom stereocenters. The highest BCUT2D eigenvalue weighted by molar-refractivity contribution is 7.92. The second-order valence-electron chi connectivity index (χ2n) is 8.11. The first kappa shape index (κ1) is 23.2. The van der Waals surface area contributed by atoms with Crippen molar-refractivity contribution in [3.8, 4) is 11.5 Å². The maximum atomic E-state index is 13.1. The highest BCUT2D eigenvalue weighted by Crippen LogP contribution is 2.34. The summed E-state index contributed by atoms with van der Waals surface area (Å²) < 4.78 is 50.3. The van der Waals surface area contributed by atoms with Gasteiger partial charge in [-0.3, -0.25) is 9.10 Å². The molecule has 1 fully saturated rings. The van der Waals surface area contributed by atoms with Gasteiger partial charge in [-0.25, -0.2) is 12.8 Å². The number of benzene rings is 2. The molecule has 178 valence electrons. The first-order valence-corrected chi connectivity index (χ1v) is 12.8. The van der Waals surface area contributed by atoms with E-state index >= 15 is 0 Å². The van der Waals surface area contributed by atoms with Crippen LogP contribution in [-0.2, 0) is 14.8 Å². The number of ether oxygens (including phenoxy) is 2. The second-order valence-corrected chi connectivity index (χ2v) is 10.0. The molecule has 2 aliphatic heterocycles. The van der Waals surface area contributed by atoms with E-state index in [1.165, 1.54) is 16.4 Å². The van der Waals surface area contributed by atoms with E-state index < -0.39 is 10.0 Å². The zero-order valence-electron chi connectivity index (χ0n) is 18.6. The van der Waals surface area contributed by atoms with Gasteiger partial charge in [0.15, 0.2) is 11.5 Å². The Bertz CT molecular complexity index is 1090. The van der Waals surface area contributed by atoms with E-state index in [0.717, 1.165) is 11.9 Å². The summed E-state index contributed by atoms with van der Waals surface area (Å²) in [6, 6.07) is 11.4. The topological polar surface area (TPSA) is 79.4 Å². The van der Waals surface area contributed by atoms with Crippen LogP contribution < -0.4 is 18.7 Å². The molecule has 1 saturated heterocycles. The summed E-state index contributed by atoms with van der Waals surface area (Å²) in [6.45, 7) is 3.57. The number of nitrogens with zero attached hydrogens (tertiary/aromatic N) is 3. The summed E-state index contributed by atoms with van der Waals surface area (Å²) in [6.07, 6.45) is 1.81. The fraction of sp³-hybridized carbons (Fsp3) is 0.435. The molecule has 2 aromatic rings. The molecule has 10 heteroatoms. The lowest BCUT2D eigenvalue weighted by atomic mass is 10.2. The zero-order chi connectivity index (χ0) is 23.4. The maximum Gasteiger partial charge on any atom is 0.232 e. The minimum atomic E-state index is -3.53. The van der Waals surface area contributed by atoms with E-state index in [2.05, 4.69) is 4.90 Å². The largest absolute Gasteiger partial charge is 0.486 e. The zero-order valence-corrected chi connectivity index (χ0v) is 19.4. The van der Waals surface area contributed by atoms with Crippen LogP contribution in [0.3, 0.4) is 0 Å². The van der Waals surface area contributed by atoms with Crippen LogP contribution >= 0.6 is 0 Å². The molecule has 2 heterocycles. The first-order chi connectivity index (χ1) is 15.8. The fourth-order valence-electron chi connectivity index (χ4n) is 4.07. The monoisotopic (exact) mass is 477 g/mol. The molecule has 33 heavy (non-hydrogen) atoms. The lowest BCUT2D eigenvalue weighted by molar-refractivity contribution is -0.131. The Hall–Kier alpha value is -3.01. The summed E-state index contributed by atoms with van der Waals surface area (Å²) in [5.74, 6) is 0.840. The smallest absolute Gasteiger partial charge is 0.232 e. The van der Waals surface area contributed by atoms with Crippen molar-refractivity contribution >= 4 is 27.3 Å². The van der Waals surface area contributed by atoms with Gasteiger partial charge in [-0.2, -0.15) is 0 Å². The number of sulfonamides is 1. The normalized spacial score (nSPS) is 15.9. The van der Waals surface area contributed by atoms with E-state index in [1.807, 2.05) is 0 Å². The lowest BCUT2D eigenvalue weighted by Crippen LogP contribution is -2.48. The number of carbonyl (C=O) groups excluding carboxylic acids is 1. The van der Waals surface area contributed by atoms with Crippen molar-refractivity contribution in [1.82, 2.24) is 4.90 Å². The van der Waals surface area contributed by atoms with Crippen molar-refractivity contribution in [1.29, 1.82) is 0 Å². The Labute approximate surface area is 193 Å². The van der Waals surface area contributed by atoms with Crippen molar-refractivity contribution in [2.75, 3.05) is 61.4 Å². The van der Waals surface area contributed by atoms with Gasteiger partial charge in [-0.15, -0.1) is 0 Å². The molecule has 0 bridgehead atoms. The molecule has 0 radical (unpaired) electrons. The van der Waals surface area contributed by atoms with Crippen molar-refractivity contribution in [3.63, 3.8) is 0 Å². The summed E-state index contributed by atoms with van der Waals surface area (Å²) in [7, 11) is -3.53. The predicted octanol–water partition coefficient (Wildman–Crippen LogP) is 2.49. The van der Waals surface area contributed by atoms with E-state index in [4.69, 9.17) is 9.47 Å². The summed E-state index contributed by atoms with van der Waals surface area (Å²) in [4.78, 5) is 16.6. The molecule has 1 amide bonds. The number of hydrogen-bond acceptors (Lipinski definition) is 6. The highest BCUT2D eigenvalue weighted by atomic mass is 32.2. The Morgan fingerprint density at radius 3 is 2.33 bits per heavy atom. The van der Waals surface area contributed by atoms with E-state index in [1.54, 1.807) is 35.2 Å². The number of hydrogen-bond donors (Lipinski definition) is 0. The third-order valence-electron chi connectivity index (χ3n) is 5.79. The van der Waals surface area contributed by atoms with Crippen molar-refractivity contribution < 1.29 is 27.1 Å². The van der Waals surface area contributed by atoms with Crippen LogP contribution in [0.5, 0.6) is 11.5 Å². The highest BCUT2D eigenvalue weighted by Gasteiger charge is 2.24. The fourth-order valence-corrected chi connectivity index (χ4v) is 5.03. The molecule has 0 aliphatic carbocycles. The van der Waals surface area contributed by atoms with Crippen LogP contribution in [0.4, 0.5) is 15.8 Å². The standard InChI is InChI=1S/C23H28FN3O5S/c1-33(29,30)27(20-8-9-21-22(17-20)32-16-15-31-21)10-2-3-23(28)26-13-11-25(12-14-26)19-6-4-18(24)5-7-19/h4-9,17H,2-3,10-16H2,1H3. The van der Waals surface area contributed by atoms with E-state index in [9.17, 15) is 17.6 Å². The lowest BCUT2D eigenvalue weighted by Gasteiger charge is -2.36.